The molecule has 1 aromatic carbocycles. The van der Waals surface area contributed by atoms with Crippen LogP contribution in [0.2, 0.25) is 0 Å². The molecule has 0 spiro atoms. The lowest BCUT2D eigenvalue weighted by Gasteiger charge is -2.23. The topological polar surface area (TPSA) is 43.8 Å². The van der Waals surface area contributed by atoms with Gasteiger partial charge in [-0.25, -0.2) is 4.79 Å². The summed E-state index contributed by atoms with van der Waals surface area (Å²) in [6.45, 7) is 4.01. The van der Waals surface area contributed by atoms with Gasteiger partial charge >= 0.3 is 5.97 Å². The fraction of sp³-hybridized carbons (Fsp3) is 0.500. The summed E-state index contributed by atoms with van der Waals surface area (Å²) in [4.78, 5) is 15.6. The molecular formula is C14H20N2O2. The van der Waals surface area contributed by atoms with Crippen molar-refractivity contribution in [3.05, 3.63) is 29.8 Å². The van der Waals surface area contributed by atoms with Gasteiger partial charge in [0.05, 0.1) is 11.3 Å². The van der Waals surface area contributed by atoms with Crippen molar-refractivity contribution in [3.63, 3.8) is 0 Å². The van der Waals surface area contributed by atoms with Crippen molar-refractivity contribution in [2.45, 2.75) is 13.0 Å². The molecule has 2 rings (SSSR count). The highest BCUT2D eigenvalue weighted by atomic mass is 16.4. The summed E-state index contributed by atoms with van der Waals surface area (Å²) in [5.74, 6) is -0.312. The van der Waals surface area contributed by atoms with Crippen molar-refractivity contribution in [1.82, 2.24) is 4.90 Å². The normalized spacial score (nSPS) is 23.7. The fourth-order valence-corrected chi connectivity index (χ4v) is 2.75. The first-order valence-corrected chi connectivity index (χ1v) is 6.24. The summed E-state index contributed by atoms with van der Waals surface area (Å²) in [6, 6.07) is 7.72. The van der Waals surface area contributed by atoms with Crippen LogP contribution in [0.15, 0.2) is 24.3 Å². The van der Waals surface area contributed by atoms with E-state index in [1.807, 2.05) is 12.1 Å². The van der Waals surface area contributed by atoms with Gasteiger partial charge in [0.15, 0.2) is 0 Å². The smallest absolute Gasteiger partial charge is 0.337 e. The molecule has 0 amide bonds. The molecule has 0 saturated carbocycles. The van der Waals surface area contributed by atoms with Gasteiger partial charge in [-0.3, -0.25) is 0 Å². The van der Waals surface area contributed by atoms with Gasteiger partial charge in [0, 0.05) is 19.1 Å². The maximum atomic E-state index is 11.2. The monoisotopic (exact) mass is 248 g/mol. The van der Waals surface area contributed by atoms with E-state index in [2.05, 4.69) is 30.8 Å². The molecule has 0 aromatic heterocycles. The summed E-state index contributed by atoms with van der Waals surface area (Å²) in [6.07, 6.45) is 0. The van der Waals surface area contributed by atoms with Gasteiger partial charge in [-0.2, -0.15) is 0 Å². The number of carboxylic acid groups (broad SMARTS) is 1. The third-order valence-corrected chi connectivity index (χ3v) is 3.71. The summed E-state index contributed by atoms with van der Waals surface area (Å²) in [5.41, 5.74) is 1.23. The van der Waals surface area contributed by atoms with Gasteiger partial charge in [0.25, 0.3) is 0 Å². The summed E-state index contributed by atoms with van der Waals surface area (Å²) < 4.78 is 0. The largest absolute Gasteiger partial charge is 0.478 e. The first-order chi connectivity index (χ1) is 8.50. The Morgan fingerprint density at radius 2 is 2.00 bits per heavy atom. The van der Waals surface area contributed by atoms with Gasteiger partial charge in [-0.1, -0.05) is 19.1 Å². The van der Waals surface area contributed by atoms with E-state index in [4.69, 9.17) is 0 Å². The van der Waals surface area contributed by atoms with E-state index in [1.165, 1.54) is 0 Å². The maximum Gasteiger partial charge on any atom is 0.337 e. The van der Waals surface area contributed by atoms with E-state index in [9.17, 15) is 9.90 Å². The number of nitrogens with zero attached hydrogens (tertiary/aromatic N) is 2. The average Bonchev–Trinajstić information content (AvgIpc) is 2.71. The zero-order valence-electron chi connectivity index (χ0n) is 11.1. The molecule has 1 aromatic rings. The van der Waals surface area contributed by atoms with Gasteiger partial charge in [-0.05, 0) is 32.1 Å². The van der Waals surface area contributed by atoms with E-state index in [1.54, 1.807) is 12.1 Å². The molecule has 0 aliphatic carbocycles. The second-order valence-corrected chi connectivity index (χ2v) is 5.24. The molecule has 18 heavy (non-hydrogen) atoms. The molecular weight excluding hydrogens is 228 g/mol. The predicted octanol–water partition coefficient (Wildman–Crippen LogP) is 1.77. The van der Waals surface area contributed by atoms with Crippen LogP contribution in [0.5, 0.6) is 0 Å². The minimum absolute atomic E-state index is 0.393. The highest BCUT2D eigenvalue weighted by molar-refractivity contribution is 5.94. The Morgan fingerprint density at radius 3 is 2.56 bits per heavy atom. The molecule has 1 aliphatic rings. The number of para-hydroxylation sites is 1. The Kier molecular flexibility index (Phi) is 3.57. The number of aromatic carboxylic acids is 1. The van der Waals surface area contributed by atoms with Gasteiger partial charge in [-0.15, -0.1) is 0 Å². The average molecular weight is 248 g/mol. The minimum atomic E-state index is -0.855. The van der Waals surface area contributed by atoms with Gasteiger partial charge < -0.3 is 14.9 Å². The molecule has 1 heterocycles. The van der Waals surface area contributed by atoms with Crippen LogP contribution in [0.4, 0.5) is 5.69 Å². The highest BCUT2D eigenvalue weighted by Crippen LogP contribution is 2.28. The fourth-order valence-electron chi connectivity index (χ4n) is 2.75. The number of likely N-dealkylation sites (N-methyl/N-ethyl adjacent to an activating group) is 1. The van der Waals surface area contributed by atoms with Crippen molar-refractivity contribution in [2.75, 3.05) is 32.1 Å². The van der Waals surface area contributed by atoms with Crippen LogP contribution >= 0.6 is 0 Å². The van der Waals surface area contributed by atoms with Crippen molar-refractivity contribution in [3.8, 4) is 0 Å². The number of hydrogen-bond acceptors (Lipinski definition) is 3. The molecule has 2 atom stereocenters. The van der Waals surface area contributed by atoms with Crippen LogP contribution in [-0.2, 0) is 0 Å². The second-order valence-electron chi connectivity index (χ2n) is 5.24. The zero-order chi connectivity index (χ0) is 13.3. The lowest BCUT2D eigenvalue weighted by molar-refractivity contribution is 0.0697. The predicted molar refractivity (Wildman–Crippen MR) is 72.3 cm³/mol. The summed E-state index contributed by atoms with van der Waals surface area (Å²) in [7, 11) is 4.15. The van der Waals surface area contributed by atoms with Crippen LogP contribution < -0.4 is 4.90 Å². The molecule has 0 radical (unpaired) electrons. The lowest BCUT2D eigenvalue weighted by Crippen LogP contribution is -2.34. The van der Waals surface area contributed by atoms with Crippen molar-refractivity contribution >= 4 is 11.7 Å². The van der Waals surface area contributed by atoms with Crippen LogP contribution in [0.25, 0.3) is 0 Å². The Morgan fingerprint density at radius 1 is 1.33 bits per heavy atom. The van der Waals surface area contributed by atoms with Crippen molar-refractivity contribution < 1.29 is 9.90 Å². The SMILES string of the molecule is CC1CN(c2ccccc2C(=O)O)CC1N(C)C. The number of rotatable bonds is 3. The third kappa shape index (κ3) is 2.34. The number of carbonyl (C=O) groups is 1. The first kappa shape index (κ1) is 12.9. The molecule has 1 N–H and O–H groups in total. The number of hydrogen-bond donors (Lipinski definition) is 1. The number of carboxylic acids is 1. The van der Waals surface area contributed by atoms with Crippen molar-refractivity contribution in [1.29, 1.82) is 0 Å². The van der Waals surface area contributed by atoms with Crippen LogP contribution in [0.3, 0.4) is 0 Å². The van der Waals surface area contributed by atoms with Crippen LogP contribution in [-0.4, -0.2) is 49.2 Å². The summed E-state index contributed by atoms with van der Waals surface area (Å²) in [5, 5.41) is 9.23. The van der Waals surface area contributed by atoms with Crippen LogP contribution in [0, 0.1) is 5.92 Å². The lowest BCUT2D eigenvalue weighted by atomic mass is 10.1. The molecule has 4 heteroatoms. The van der Waals surface area contributed by atoms with Gasteiger partial charge in [0.1, 0.15) is 0 Å². The van der Waals surface area contributed by atoms with E-state index >= 15 is 0 Å². The van der Waals surface area contributed by atoms with E-state index in [0.29, 0.717) is 17.5 Å². The zero-order valence-corrected chi connectivity index (χ0v) is 11.1. The van der Waals surface area contributed by atoms with E-state index in [-0.39, 0.29) is 0 Å². The quantitative estimate of drug-likeness (QED) is 0.885. The minimum Gasteiger partial charge on any atom is -0.478 e. The Hall–Kier alpha value is -1.55. The number of anilines is 1. The van der Waals surface area contributed by atoms with E-state index in [0.717, 1.165) is 18.8 Å². The van der Waals surface area contributed by atoms with Crippen LogP contribution in [0.1, 0.15) is 17.3 Å². The maximum absolute atomic E-state index is 11.2. The molecule has 1 fully saturated rings. The standard InChI is InChI=1S/C14H20N2O2/c1-10-8-16(9-13(10)15(2)3)12-7-5-4-6-11(12)14(17)18/h4-7,10,13H,8-9H2,1-3H3,(H,17,18). The Balaban J connectivity index is 2.26. The van der Waals surface area contributed by atoms with Gasteiger partial charge in [0.2, 0.25) is 0 Å². The highest BCUT2D eigenvalue weighted by Gasteiger charge is 2.32. The Labute approximate surface area is 108 Å². The second kappa shape index (κ2) is 4.98. The molecule has 1 aliphatic heterocycles. The summed E-state index contributed by atoms with van der Waals surface area (Å²) >= 11 is 0. The molecule has 4 nitrogen and oxygen atoms in total. The number of benzene rings is 1. The van der Waals surface area contributed by atoms with Crippen molar-refractivity contribution in [2.24, 2.45) is 5.92 Å². The molecule has 0 bridgehead atoms. The first-order valence-electron chi connectivity index (χ1n) is 6.24. The third-order valence-electron chi connectivity index (χ3n) is 3.71. The molecule has 2 unspecified atom stereocenters. The molecule has 1 saturated heterocycles. The Bertz CT molecular complexity index is 445. The van der Waals surface area contributed by atoms with E-state index < -0.39 is 5.97 Å². The molecule has 98 valence electrons.